The van der Waals surface area contributed by atoms with Gasteiger partial charge < -0.3 is 30.2 Å². The van der Waals surface area contributed by atoms with E-state index in [4.69, 9.17) is 14.2 Å². The van der Waals surface area contributed by atoms with E-state index in [1.807, 2.05) is 34.6 Å². The van der Waals surface area contributed by atoms with Gasteiger partial charge >= 0.3 is 0 Å². The lowest BCUT2D eigenvalue weighted by atomic mass is 9.84. The standard InChI is InChI=1S/C26H44N4O7/c1-15(2)12-17(23(31)29-22(25(33)27-6)26(3,4)5)20(24(32)30-34)28-11-10-16-13-18(35-7)21(37-9)19(14-16)36-8/h13-15,17,20,22,28,34H,10-12H2,1-9H3,(H,27,33)(H,29,31)(H,30,32)/t17-,20+,22-/m1/s1. The Hall–Kier alpha value is -3.05. The summed E-state index contributed by atoms with van der Waals surface area (Å²) in [5.41, 5.74) is 1.96. The highest BCUT2D eigenvalue weighted by atomic mass is 16.5. The number of methoxy groups -OCH3 is 3. The molecule has 0 aliphatic carbocycles. The van der Waals surface area contributed by atoms with E-state index >= 15 is 0 Å². The van der Waals surface area contributed by atoms with E-state index in [-0.39, 0.29) is 11.8 Å². The summed E-state index contributed by atoms with van der Waals surface area (Å²) in [7, 11) is 6.08. The summed E-state index contributed by atoms with van der Waals surface area (Å²) >= 11 is 0. The third-order valence-corrected chi connectivity index (χ3v) is 6.02. The van der Waals surface area contributed by atoms with Crippen molar-refractivity contribution in [2.24, 2.45) is 17.3 Å². The van der Waals surface area contributed by atoms with E-state index in [1.54, 1.807) is 17.6 Å². The van der Waals surface area contributed by atoms with Gasteiger partial charge in [-0.05, 0) is 48.4 Å². The Kier molecular flexibility index (Phi) is 12.6. The summed E-state index contributed by atoms with van der Waals surface area (Å²) in [6.45, 7) is 9.71. The van der Waals surface area contributed by atoms with Crippen molar-refractivity contribution in [3.05, 3.63) is 17.7 Å². The lowest BCUT2D eigenvalue weighted by Gasteiger charge is -2.33. The van der Waals surface area contributed by atoms with Crippen molar-refractivity contribution in [1.82, 2.24) is 21.4 Å². The van der Waals surface area contributed by atoms with Gasteiger partial charge in [-0.25, -0.2) is 5.48 Å². The molecule has 0 saturated carbocycles. The molecule has 11 nitrogen and oxygen atoms in total. The number of carbonyl (C=O) groups is 3. The third-order valence-electron chi connectivity index (χ3n) is 6.02. The molecule has 0 radical (unpaired) electrons. The number of hydrogen-bond donors (Lipinski definition) is 5. The van der Waals surface area contributed by atoms with Crippen LogP contribution in [0.4, 0.5) is 0 Å². The van der Waals surface area contributed by atoms with E-state index in [2.05, 4.69) is 16.0 Å². The fourth-order valence-electron chi connectivity index (χ4n) is 4.11. The van der Waals surface area contributed by atoms with Crippen LogP contribution in [0, 0.1) is 17.3 Å². The Balaban J connectivity index is 3.19. The third kappa shape index (κ3) is 9.08. The minimum Gasteiger partial charge on any atom is -0.493 e. The first-order valence-electron chi connectivity index (χ1n) is 12.3. The number of hydroxylamine groups is 1. The van der Waals surface area contributed by atoms with Crippen molar-refractivity contribution in [2.75, 3.05) is 34.9 Å². The monoisotopic (exact) mass is 524 g/mol. The Morgan fingerprint density at radius 1 is 0.946 bits per heavy atom. The number of hydrogen-bond acceptors (Lipinski definition) is 8. The smallest absolute Gasteiger partial charge is 0.261 e. The molecule has 1 aromatic carbocycles. The molecule has 0 fully saturated rings. The zero-order valence-corrected chi connectivity index (χ0v) is 23.5. The number of amides is 3. The van der Waals surface area contributed by atoms with Crippen molar-refractivity contribution >= 4 is 17.7 Å². The normalized spacial score (nSPS) is 13.8. The number of carbonyl (C=O) groups excluding carboxylic acids is 3. The summed E-state index contributed by atoms with van der Waals surface area (Å²) in [6, 6.07) is 1.76. The van der Waals surface area contributed by atoms with Crippen molar-refractivity contribution in [3.63, 3.8) is 0 Å². The highest BCUT2D eigenvalue weighted by Crippen LogP contribution is 2.38. The molecule has 0 heterocycles. The van der Waals surface area contributed by atoms with Gasteiger partial charge in [-0.15, -0.1) is 0 Å². The molecule has 0 unspecified atom stereocenters. The van der Waals surface area contributed by atoms with Crippen LogP contribution < -0.4 is 35.6 Å². The number of nitrogens with one attached hydrogen (secondary N) is 4. The van der Waals surface area contributed by atoms with Crippen molar-refractivity contribution in [1.29, 1.82) is 0 Å². The van der Waals surface area contributed by atoms with Gasteiger partial charge in [0, 0.05) is 7.05 Å². The fourth-order valence-corrected chi connectivity index (χ4v) is 4.11. The molecular formula is C26H44N4O7. The topological polar surface area (TPSA) is 147 Å². The number of likely N-dealkylation sites (N-methyl/N-ethyl adjacent to an activating group) is 1. The van der Waals surface area contributed by atoms with Crippen molar-refractivity contribution < 1.29 is 33.8 Å². The highest BCUT2D eigenvalue weighted by molar-refractivity contribution is 5.93. The molecule has 0 aliphatic heterocycles. The van der Waals surface area contributed by atoms with Crippen LogP contribution in [0.15, 0.2) is 12.1 Å². The van der Waals surface area contributed by atoms with Gasteiger partial charge in [0.15, 0.2) is 11.5 Å². The molecule has 0 spiro atoms. The maximum Gasteiger partial charge on any atom is 0.261 e. The predicted molar refractivity (Wildman–Crippen MR) is 140 cm³/mol. The molecule has 0 saturated heterocycles. The lowest BCUT2D eigenvalue weighted by Crippen LogP contribution is -2.58. The Morgan fingerprint density at radius 2 is 1.51 bits per heavy atom. The first-order valence-corrected chi connectivity index (χ1v) is 12.3. The average Bonchev–Trinajstić information content (AvgIpc) is 2.85. The van der Waals surface area contributed by atoms with Crippen LogP contribution in [0.5, 0.6) is 17.2 Å². The Morgan fingerprint density at radius 3 is 1.92 bits per heavy atom. The molecule has 11 heteroatoms. The van der Waals surface area contributed by atoms with E-state index in [1.165, 1.54) is 28.4 Å². The number of ether oxygens (including phenoxy) is 3. The van der Waals surface area contributed by atoms with Crippen LogP contribution in [0.2, 0.25) is 0 Å². The number of rotatable bonds is 14. The molecule has 0 aliphatic rings. The lowest BCUT2D eigenvalue weighted by molar-refractivity contribution is -0.139. The fraction of sp³-hybridized carbons (Fsp3) is 0.654. The SMILES string of the molecule is CNC(=O)[C@@H](NC(=O)[C@H](CC(C)C)[C@H](NCCc1cc(OC)c(OC)c(OC)c1)C(=O)NO)C(C)(C)C. The molecule has 0 bridgehead atoms. The largest absolute Gasteiger partial charge is 0.493 e. The van der Waals surface area contributed by atoms with Crippen LogP contribution in [0.3, 0.4) is 0 Å². The maximum absolute atomic E-state index is 13.4. The Bertz CT molecular complexity index is 890. The van der Waals surface area contributed by atoms with E-state index in [0.717, 1.165) is 5.56 Å². The second-order valence-corrected chi connectivity index (χ2v) is 10.3. The van der Waals surface area contributed by atoms with Crippen molar-refractivity contribution in [2.45, 2.75) is 59.5 Å². The maximum atomic E-state index is 13.4. The Labute approximate surface area is 220 Å². The molecular weight excluding hydrogens is 480 g/mol. The zero-order valence-electron chi connectivity index (χ0n) is 23.5. The predicted octanol–water partition coefficient (Wildman–Crippen LogP) is 1.66. The summed E-state index contributed by atoms with van der Waals surface area (Å²) < 4.78 is 16.2. The quantitative estimate of drug-likeness (QED) is 0.182. The average molecular weight is 525 g/mol. The molecule has 0 aromatic heterocycles. The molecule has 37 heavy (non-hydrogen) atoms. The van der Waals surface area contributed by atoms with E-state index in [9.17, 15) is 19.6 Å². The van der Waals surface area contributed by atoms with Crippen LogP contribution in [0.1, 0.15) is 46.6 Å². The minimum atomic E-state index is -1.04. The number of benzene rings is 1. The van der Waals surface area contributed by atoms with Crippen molar-refractivity contribution in [3.8, 4) is 17.2 Å². The van der Waals surface area contributed by atoms with Gasteiger partial charge in [0.05, 0.1) is 27.2 Å². The molecule has 5 N–H and O–H groups in total. The highest BCUT2D eigenvalue weighted by Gasteiger charge is 2.38. The molecule has 3 atom stereocenters. The van der Waals surface area contributed by atoms with Gasteiger partial charge in [0.2, 0.25) is 17.6 Å². The molecule has 1 aromatic rings. The second-order valence-electron chi connectivity index (χ2n) is 10.3. The first kappa shape index (κ1) is 32.0. The molecule has 1 rings (SSSR count). The summed E-state index contributed by atoms with van der Waals surface area (Å²) in [5.74, 6) is -0.831. The van der Waals surface area contributed by atoms with Gasteiger partial charge in [-0.3, -0.25) is 19.6 Å². The summed E-state index contributed by atoms with van der Waals surface area (Å²) in [6.07, 6.45) is 0.816. The minimum absolute atomic E-state index is 0.0646. The van der Waals surface area contributed by atoms with Crippen LogP contribution in [0.25, 0.3) is 0 Å². The van der Waals surface area contributed by atoms with Crippen LogP contribution >= 0.6 is 0 Å². The van der Waals surface area contributed by atoms with Gasteiger partial charge in [0.25, 0.3) is 5.91 Å². The first-order chi connectivity index (χ1) is 17.3. The summed E-state index contributed by atoms with van der Waals surface area (Å²) in [4.78, 5) is 38.6. The van der Waals surface area contributed by atoms with E-state index in [0.29, 0.717) is 36.6 Å². The van der Waals surface area contributed by atoms with Gasteiger partial charge in [-0.2, -0.15) is 0 Å². The molecule has 210 valence electrons. The van der Waals surface area contributed by atoms with Gasteiger partial charge in [0.1, 0.15) is 12.1 Å². The van der Waals surface area contributed by atoms with Crippen LogP contribution in [-0.2, 0) is 20.8 Å². The second kappa shape index (κ2) is 14.6. The van der Waals surface area contributed by atoms with E-state index < -0.39 is 35.2 Å². The van der Waals surface area contributed by atoms with Gasteiger partial charge in [-0.1, -0.05) is 34.6 Å². The zero-order chi connectivity index (χ0) is 28.3. The molecule has 3 amide bonds. The van der Waals surface area contributed by atoms with Crippen LogP contribution in [-0.4, -0.2) is 69.9 Å². The summed E-state index contributed by atoms with van der Waals surface area (Å²) in [5, 5.41) is 18.0.